The van der Waals surface area contributed by atoms with Crippen LogP contribution in [0.4, 0.5) is 10.6 Å². The fourth-order valence-corrected chi connectivity index (χ4v) is 1.63. The van der Waals surface area contributed by atoms with Crippen molar-refractivity contribution in [3.8, 4) is 0 Å². The van der Waals surface area contributed by atoms with Crippen LogP contribution in [0.5, 0.6) is 0 Å². The Kier molecular flexibility index (Phi) is 5.25. The average molecular weight is 329 g/mol. The molecule has 0 unspecified atom stereocenters. The van der Waals surface area contributed by atoms with Gasteiger partial charge in [-0.3, -0.25) is 15.4 Å². The van der Waals surface area contributed by atoms with E-state index in [0.717, 1.165) is 6.08 Å². The fraction of sp³-hybridized carbons (Fsp3) is 0.133. The van der Waals surface area contributed by atoms with Gasteiger partial charge in [0.15, 0.2) is 5.76 Å². The molecule has 9 heteroatoms. The summed E-state index contributed by atoms with van der Waals surface area (Å²) in [5, 5.41) is 12.8. The van der Waals surface area contributed by atoms with Gasteiger partial charge in [-0.15, -0.1) is 0 Å². The number of pyridine rings is 1. The van der Waals surface area contributed by atoms with Gasteiger partial charge >= 0.3 is 17.8 Å². The first-order chi connectivity index (χ1) is 11.5. The SMILES string of the molecule is CCOC(=O)c1cccnc1NC(=O)OC1=C=C=C([N+](=O)[O-])C=C1. The van der Waals surface area contributed by atoms with E-state index in [4.69, 9.17) is 9.47 Å². The Balaban J connectivity index is 2.12. The van der Waals surface area contributed by atoms with Crippen LogP contribution in [0.15, 0.2) is 53.4 Å². The number of hydrogen-bond acceptors (Lipinski definition) is 7. The molecule has 1 aromatic rings. The van der Waals surface area contributed by atoms with Gasteiger partial charge in [0.25, 0.3) is 0 Å². The predicted molar refractivity (Wildman–Crippen MR) is 80.5 cm³/mol. The molecular formula is C15H11N3O6. The van der Waals surface area contributed by atoms with Crippen molar-refractivity contribution >= 4 is 17.9 Å². The highest BCUT2D eigenvalue weighted by Crippen LogP contribution is 2.14. The highest BCUT2D eigenvalue weighted by atomic mass is 16.6. The van der Waals surface area contributed by atoms with Crippen LogP contribution in [-0.4, -0.2) is 28.6 Å². The molecule has 1 heterocycles. The summed E-state index contributed by atoms with van der Waals surface area (Å²) in [5.74, 6) is -0.755. The first-order valence-electron chi connectivity index (χ1n) is 6.70. The van der Waals surface area contributed by atoms with E-state index in [9.17, 15) is 19.7 Å². The Labute approximate surface area is 135 Å². The lowest BCUT2D eigenvalue weighted by molar-refractivity contribution is -0.418. The maximum atomic E-state index is 11.8. The van der Waals surface area contributed by atoms with Crippen LogP contribution < -0.4 is 5.32 Å². The molecule has 0 atom stereocenters. The molecule has 1 N–H and O–H groups in total. The van der Waals surface area contributed by atoms with Crippen molar-refractivity contribution in [1.29, 1.82) is 0 Å². The molecule has 1 aliphatic carbocycles. The lowest BCUT2D eigenvalue weighted by Crippen LogP contribution is -2.17. The summed E-state index contributed by atoms with van der Waals surface area (Å²) >= 11 is 0. The monoisotopic (exact) mass is 329 g/mol. The first kappa shape index (κ1) is 16.7. The van der Waals surface area contributed by atoms with E-state index < -0.39 is 17.0 Å². The average Bonchev–Trinajstić information content (AvgIpc) is 2.56. The Morgan fingerprint density at radius 1 is 1.38 bits per heavy atom. The van der Waals surface area contributed by atoms with Gasteiger partial charge in [0, 0.05) is 18.0 Å². The number of nitro groups is 1. The number of aromatic nitrogens is 1. The van der Waals surface area contributed by atoms with Gasteiger partial charge in [-0.1, -0.05) is 0 Å². The predicted octanol–water partition coefficient (Wildman–Crippen LogP) is 2.18. The molecule has 9 nitrogen and oxygen atoms in total. The van der Waals surface area contributed by atoms with Gasteiger partial charge in [0.05, 0.1) is 11.5 Å². The minimum Gasteiger partial charge on any atom is -0.462 e. The summed E-state index contributed by atoms with van der Waals surface area (Å²) in [6.45, 7) is 1.82. The summed E-state index contributed by atoms with van der Waals surface area (Å²) in [4.78, 5) is 37.4. The lowest BCUT2D eigenvalue weighted by Gasteiger charge is -2.09. The van der Waals surface area contributed by atoms with Gasteiger partial charge in [0.1, 0.15) is 11.4 Å². The number of hydrogen-bond donors (Lipinski definition) is 1. The Hall–Kier alpha value is -3.67. The Morgan fingerprint density at radius 3 is 2.79 bits per heavy atom. The number of carbonyl (C=O) groups excluding carboxylic acids is 2. The van der Waals surface area contributed by atoms with E-state index >= 15 is 0 Å². The quantitative estimate of drug-likeness (QED) is 0.380. The van der Waals surface area contributed by atoms with Gasteiger partial charge in [-0.25, -0.2) is 14.6 Å². The zero-order chi connectivity index (χ0) is 17.5. The number of carbonyl (C=O) groups is 2. The second-order valence-electron chi connectivity index (χ2n) is 4.22. The zero-order valence-corrected chi connectivity index (χ0v) is 12.4. The minimum atomic E-state index is -0.947. The fourth-order valence-electron chi connectivity index (χ4n) is 1.63. The highest BCUT2D eigenvalue weighted by molar-refractivity contribution is 5.98. The number of rotatable bonds is 5. The minimum absolute atomic E-state index is 0.0353. The summed E-state index contributed by atoms with van der Waals surface area (Å²) in [6, 6.07) is 2.95. The number of anilines is 1. The third kappa shape index (κ3) is 4.17. The van der Waals surface area contributed by atoms with Crippen LogP contribution in [0, 0.1) is 10.1 Å². The molecule has 24 heavy (non-hydrogen) atoms. The van der Waals surface area contributed by atoms with Crippen molar-refractivity contribution in [2.75, 3.05) is 11.9 Å². The van der Waals surface area contributed by atoms with Crippen molar-refractivity contribution < 1.29 is 24.0 Å². The molecule has 0 fully saturated rings. The number of esters is 1. The van der Waals surface area contributed by atoms with Crippen LogP contribution in [0.3, 0.4) is 0 Å². The number of nitrogens with zero attached hydrogens (tertiary/aromatic N) is 2. The van der Waals surface area contributed by atoms with E-state index in [1.165, 1.54) is 24.4 Å². The second kappa shape index (κ2) is 7.55. The smallest absolute Gasteiger partial charge is 0.418 e. The van der Waals surface area contributed by atoms with Crippen LogP contribution in [0.25, 0.3) is 0 Å². The molecule has 122 valence electrons. The summed E-state index contributed by atoms with van der Waals surface area (Å²) in [7, 11) is 0. The molecule has 0 bridgehead atoms. The molecule has 0 saturated carbocycles. The Bertz CT molecular complexity index is 829. The van der Waals surface area contributed by atoms with Crippen molar-refractivity contribution in [2.24, 2.45) is 0 Å². The number of ether oxygens (including phenoxy) is 2. The van der Waals surface area contributed by atoms with Crippen LogP contribution >= 0.6 is 0 Å². The third-order valence-corrected chi connectivity index (χ3v) is 2.63. The third-order valence-electron chi connectivity index (χ3n) is 2.63. The number of allylic oxidation sites excluding steroid dienone is 2. The highest BCUT2D eigenvalue weighted by Gasteiger charge is 2.17. The van der Waals surface area contributed by atoms with Crippen molar-refractivity contribution in [2.45, 2.75) is 6.92 Å². The lowest BCUT2D eigenvalue weighted by atomic mass is 10.2. The molecule has 2 rings (SSSR count). The molecule has 0 radical (unpaired) electrons. The maximum Gasteiger partial charge on any atom is 0.418 e. The van der Waals surface area contributed by atoms with E-state index in [1.807, 2.05) is 0 Å². The van der Waals surface area contributed by atoms with Gasteiger partial charge in [0.2, 0.25) is 0 Å². The molecule has 0 aromatic carbocycles. The van der Waals surface area contributed by atoms with E-state index in [0.29, 0.717) is 0 Å². The normalized spacial score (nSPS) is 12.0. The molecule has 1 aromatic heterocycles. The topological polar surface area (TPSA) is 121 Å². The molecule has 0 aliphatic heterocycles. The first-order valence-corrected chi connectivity index (χ1v) is 6.70. The van der Waals surface area contributed by atoms with Gasteiger partial charge in [-0.05, 0) is 30.9 Å². The zero-order valence-electron chi connectivity index (χ0n) is 12.4. The van der Waals surface area contributed by atoms with E-state index in [2.05, 4.69) is 21.8 Å². The largest absolute Gasteiger partial charge is 0.462 e. The van der Waals surface area contributed by atoms with Crippen LogP contribution in [0.2, 0.25) is 0 Å². The number of nitrogens with one attached hydrogen (secondary N) is 1. The summed E-state index contributed by atoms with van der Waals surface area (Å²) < 4.78 is 9.75. The van der Waals surface area contributed by atoms with Gasteiger partial charge in [-0.2, -0.15) is 0 Å². The van der Waals surface area contributed by atoms with Crippen molar-refractivity contribution in [1.82, 2.24) is 4.98 Å². The Morgan fingerprint density at radius 2 is 2.17 bits per heavy atom. The molecular weight excluding hydrogens is 318 g/mol. The second-order valence-corrected chi connectivity index (χ2v) is 4.22. The maximum absolute atomic E-state index is 11.8. The van der Waals surface area contributed by atoms with Gasteiger partial charge < -0.3 is 9.47 Å². The van der Waals surface area contributed by atoms with Crippen LogP contribution in [-0.2, 0) is 9.47 Å². The van der Waals surface area contributed by atoms with E-state index in [-0.39, 0.29) is 29.4 Å². The standard InChI is InChI=1S/C15H11N3O6/c1-2-23-14(19)12-4-3-9-16-13(12)17-15(20)24-11-7-5-10(6-8-11)18(21)22/h3-5,7,9H,2H2,1H3,(H,16,17,20). The molecule has 0 saturated heterocycles. The summed E-state index contributed by atoms with van der Waals surface area (Å²) in [6.07, 6.45) is 2.74. The van der Waals surface area contributed by atoms with Crippen molar-refractivity contribution in [3.63, 3.8) is 0 Å². The van der Waals surface area contributed by atoms with Crippen LogP contribution in [0.1, 0.15) is 17.3 Å². The summed E-state index contributed by atoms with van der Waals surface area (Å²) in [5.41, 5.74) is 4.32. The van der Waals surface area contributed by atoms with Crippen molar-refractivity contribution in [3.05, 3.63) is 69.1 Å². The molecule has 1 aliphatic rings. The van der Waals surface area contributed by atoms with E-state index in [1.54, 1.807) is 6.92 Å². The molecule has 0 spiro atoms. The molecule has 1 amide bonds. The number of amides is 1.